The maximum absolute atomic E-state index is 11.8. The molecule has 3 aliphatic carbocycles. The van der Waals surface area contributed by atoms with Crippen LogP contribution in [-0.2, 0) is 9.22 Å². The molecular formula is C23H42O2Si. The first-order chi connectivity index (χ1) is 12.8. The van der Waals surface area contributed by atoms with Gasteiger partial charge in [-0.3, -0.25) is 4.79 Å². The summed E-state index contributed by atoms with van der Waals surface area (Å²) in [7, 11) is 0.552. The molecule has 0 amide bonds. The molecule has 0 N–H and O–H groups in total. The molecule has 150 valence electrons. The highest BCUT2D eigenvalue weighted by Crippen LogP contribution is 2.59. The lowest BCUT2D eigenvalue weighted by molar-refractivity contribution is -0.134. The SMILES string of the molecule is O=C(CCCC(C1CCCCC1)(C1CCCCC1)C1CCCCC1)O[SiH3]. The Hall–Kier alpha value is -0.313. The van der Waals surface area contributed by atoms with E-state index in [4.69, 9.17) is 4.43 Å². The normalized spacial score (nSPS) is 24.6. The molecule has 0 radical (unpaired) electrons. The predicted molar refractivity (Wildman–Crippen MR) is 112 cm³/mol. The zero-order valence-corrected chi connectivity index (χ0v) is 19.3. The Morgan fingerprint density at radius 3 is 1.46 bits per heavy atom. The Morgan fingerprint density at radius 2 is 1.12 bits per heavy atom. The van der Waals surface area contributed by atoms with Crippen molar-refractivity contribution in [1.82, 2.24) is 0 Å². The van der Waals surface area contributed by atoms with Crippen molar-refractivity contribution < 1.29 is 9.22 Å². The van der Waals surface area contributed by atoms with E-state index in [2.05, 4.69) is 0 Å². The first kappa shape index (κ1) is 20.4. The molecule has 0 aromatic heterocycles. The fourth-order valence-electron chi connectivity index (χ4n) is 7.17. The molecular weight excluding hydrogens is 336 g/mol. The molecule has 0 aliphatic heterocycles. The van der Waals surface area contributed by atoms with Crippen molar-refractivity contribution in [2.75, 3.05) is 0 Å². The van der Waals surface area contributed by atoms with Crippen molar-refractivity contribution in [1.29, 1.82) is 0 Å². The topological polar surface area (TPSA) is 26.3 Å². The molecule has 3 heteroatoms. The first-order valence-corrected chi connectivity index (χ1v) is 12.7. The Balaban J connectivity index is 1.84. The largest absolute Gasteiger partial charge is 0.529 e. The van der Waals surface area contributed by atoms with Crippen molar-refractivity contribution in [3.05, 3.63) is 0 Å². The highest BCUT2D eigenvalue weighted by atomic mass is 28.2. The smallest absolute Gasteiger partial charge is 0.291 e. The fourth-order valence-corrected chi connectivity index (χ4v) is 7.38. The number of rotatable bonds is 7. The van der Waals surface area contributed by atoms with Gasteiger partial charge in [-0.2, -0.15) is 0 Å². The third kappa shape index (κ3) is 4.75. The van der Waals surface area contributed by atoms with E-state index >= 15 is 0 Å². The van der Waals surface area contributed by atoms with Gasteiger partial charge < -0.3 is 4.43 Å². The third-order valence-corrected chi connectivity index (χ3v) is 8.77. The van der Waals surface area contributed by atoms with E-state index in [1.54, 1.807) is 0 Å². The van der Waals surface area contributed by atoms with Crippen LogP contribution in [0, 0.1) is 23.2 Å². The molecule has 3 fully saturated rings. The van der Waals surface area contributed by atoms with Gasteiger partial charge in [-0.1, -0.05) is 57.8 Å². The van der Waals surface area contributed by atoms with E-state index in [0.717, 1.165) is 24.2 Å². The summed E-state index contributed by atoms with van der Waals surface area (Å²) in [4.78, 5) is 11.8. The maximum Gasteiger partial charge on any atom is 0.291 e. The van der Waals surface area contributed by atoms with E-state index in [1.807, 2.05) is 0 Å². The Kier molecular flexibility index (Phi) is 8.08. The molecule has 0 saturated heterocycles. The summed E-state index contributed by atoms with van der Waals surface area (Å²) in [6.45, 7) is 0. The average molecular weight is 379 g/mol. The summed E-state index contributed by atoms with van der Waals surface area (Å²) in [6, 6.07) is 0. The van der Waals surface area contributed by atoms with Gasteiger partial charge in [0.25, 0.3) is 5.97 Å². The van der Waals surface area contributed by atoms with Gasteiger partial charge in [-0.15, -0.1) is 0 Å². The molecule has 0 bridgehead atoms. The second-order valence-corrected chi connectivity index (χ2v) is 9.96. The first-order valence-electron chi connectivity index (χ1n) is 11.8. The van der Waals surface area contributed by atoms with E-state index in [0.29, 0.717) is 22.3 Å². The van der Waals surface area contributed by atoms with Gasteiger partial charge in [0.05, 0.1) is 0 Å². The summed E-state index contributed by atoms with van der Waals surface area (Å²) in [5.41, 5.74) is 0.548. The zero-order chi connectivity index (χ0) is 18.2. The van der Waals surface area contributed by atoms with Gasteiger partial charge in [0.15, 0.2) is 0 Å². The van der Waals surface area contributed by atoms with Crippen LogP contribution in [-0.4, -0.2) is 16.5 Å². The second-order valence-electron chi connectivity index (χ2n) is 9.55. The van der Waals surface area contributed by atoms with Gasteiger partial charge in [0.2, 0.25) is 10.5 Å². The predicted octanol–water partition coefficient (Wildman–Crippen LogP) is 5.71. The number of hydrogen-bond acceptors (Lipinski definition) is 2. The molecule has 0 aromatic rings. The number of carbonyl (C=O) groups is 1. The number of hydrogen-bond donors (Lipinski definition) is 0. The van der Waals surface area contributed by atoms with E-state index in [1.165, 1.54) is 103 Å². The van der Waals surface area contributed by atoms with Crippen LogP contribution in [0.4, 0.5) is 0 Å². The molecule has 3 saturated carbocycles. The van der Waals surface area contributed by atoms with Crippen LogP contribution in [0.3, 0.4) is 0 Å². The summed E-state index contributed by atoms with van der Waals surface area (Å²) < 4.78 is 5.10. The van der Waals surface area contributed by atoms with Gasteiger partial charge in [-0.25, -0.2) is 0 Å². The van der Waals surface area contributed by atoms with Crippen molar-refractivity contribution in [3.63, 3.8) is 0 Å². The van der Waals surface area contributed by atoms with Crippen LogP contribution < -0.4 is 0 Å². The molecule has 3 rings (SSSR count). The maximum atomic E-state index is 11.8. The Labute approximate surface area is 164 Å². The standard InChI is InChI=1S/C23H42O2Si/c24-22(25-26)17-10-18-23(19-11-4-1-5-12-19,20-13-6-2-7-14-20)21-15-8-3-9-16-21/h19-21H,1-18H2,26H3. The summed E-state index contributed by atoms with van der Waals surface area (Å²) in [6.07, 6.45) is 24.9. The van der Waals surface area contributed by atoms with E-state index < -0.39 is 0 Å². The monoisotopic (exact) mass is 378 g/mol. The number of carbonyl (C=O) groups excluding carboxylic acids is 1. The Bertz CT molecular complexity index is 372. The Morgan fingerprint density at radius 1 is 0.731 bits per heavy atom. The lowest BCUT2D eigenvalue weighted by atomic mass is 9.50. The molecule has 3 aliphatic rings. The second kappa shape index (κ2) is 10.3. The molecule has 0 unspecified atom stereocenters. The molecule has 0 heterocycles. The highest BCUT2D eigenvalue weighted by molar-refractivity contribution is 6.05. The van der Waals surface area contributed by atoms with Crippen LogP contribution in [0.25, 0.3) is 0 Å². The lowest BCUT2D eigenvalue weighted by Crippen LogP contribution is -2.47. The minimum atomic E-state index is 0.0569. The molecule has 0 atom stereocenters. The van der Waals surface area contributed by atoms with Crippen LogP contribution in [0.15, 0.2) is 0 Å². The van der Waals surface area contributed by atoms with Gasteiger partial charge in [0.1, 0.15) is 0 Å². The molecule has 0 aromatic carbocycles. The highest BCUT2D eigenvalue weighted by Gasteiger charge is 2.49. The van der Waals surface area contributed by atoms with Crippen molar-refractivity contribution in [2.45, 2.75) is 116 Å². The van der Waals surface area contributed by atoms with Crippen molar-refractivity contribution in [2.24, 2.45) is 23.2 Å². The van der Waals surface area contributed by atoms with E-state index in [9.17, 15) is 4.79 Å². The van der Waals surface area contributed by atoms with Crippen LogP contribution in [0.1, 0.15) is 116 Å². The van der Waals surface area contributed by atoms with Gasteiger partial charge in [0, 0.05) is 6.42 Å². The molecule has 26 heavy (non-hydrogen) atoms. The molecule has 2 nitrogen and oxygen atoms in total. The van der Waals surface area contributed by atoms with E-state index in [-0.39, 0.29) is 5.97 Å². The van der Waals surface area contributed by atoms with Crippen molar-refractivity contribution >= 4 is 16.5 Å². The summed E-state index contributed by atoms with van der Waals surface area (Å²) >= 11 is 0. The fraction of sp³-hybridized carbons (Fsp3) is 0.957. The summed E-state index contributed by atoms with van der Waals surface area (Å²) in [5, 5.41) is 0. The van der Waals surface area contributed by atoms with Crippen molar-refractivity contribution in [3.8, 4) is 0 Å². The van der Waals surface area contributed by atoms with Crippen LogP contribution in [0.5, 0.6) is 0 Å². The quantitative estimate of drug-likeness (QED) is 0.531. The van der Waals surface area contributed by atoms with Crippen LogP contribution in [0.2, 0.25) is 0 Å². The average Bonchev–Trinajstić information content (AvgIpc) is 2.73. The zero-order valence-electron chi connectivity index (χ0n) is 17.3. The lowest BCUT2D eigenvalue weighted by Gasteiger charge is -2.55. The minimum absolute atomic E-state index is 0.0569. The minimum Gasteiger partial charge on any atom is -0.529 e. The third-order valence-electron chi connectivity index (χ3n) is 8.31. The van der Waals surface area contributed by atoms with Gasteiger partial charge >= 0.3 is 0 Å². The molecule has 0 spiro atoms. The van der Waals surface area contributed by atoms with Gasteiger partial charge in [-0.05, 0) is 74.5 Å². The summed E-state index contributed by atoms with van der Waals surface area (Å²) in [5.74, 6) is 2.87. The van der Waals surface area contributed by atoms with Crippen LogP contribution >= 0.6 is 0 Å².